The predicted molar refractivity (Wildman–Crippen MR) is 260 cm³/mol. The molecule has 1 fully saturated rings. The monoisotopic (exact) mass is 887 g/mol. The van der Waals surface area contributed by atoms with Crippen LogP contribution in [0.4, 0.5) is 0 Å². The third kappa shape index (κ3) is 9.30. The van der Waals surface area contributed by atoms with Gasteiger partial charge in [-0.25, -0.2) is 0 Å². The van der Waals surface area contributed by atoms with Gasteiger partial charge in [-0.1, -0.05) is 105 Å². The number of esters is 2. The molecule has 2 unspecified atom stereocenters. The van der Waals surface area contributed by atoms with Gasteiger partial charge in [-0.15, -0.1) is 0 Å². The lowest BCUT2D eigenvalue weighted by atomic mass is 9.84. The van der Waals surface area contributed by atoms with Gasteiger partial charge >= 0.3 is 11.9 Å². The number of fused-ring (bicyclic) bond motifs is 11. The van der Waals surface area contributed by atoms with Gasteiger partial charge in [0.15, 0.2) is 5.78 Å². The third-order valence-electron chi connectivity index (χ3n) is 15.4. The van der Waals surface area contributed by atoms with Crippen LogP contribution in [0.1, 0.15) is 206 Å². The number of carbonyl (C=O) groups excluding carboxylic acids is 3. The highest BCUT2D eigenvalue weighted by Gasteiger charge is 2.72. The lowest BCUT2D eigenvalue weighted by Crippen LogP contribution is -2.21. The van der Waals surface area contributed by atoms with Crippen molar-refractivity contribution in [2.75, 3.05) is 13.7 Å². The molecule has 350 valence electrons. The molecule has 65 heavy (non-hydrogen) atoms. The Bertz CT molecular complexity index is 2530. The maximum atomic E-state index is 14.4. The van der Waals surface area contributed by atoms with E-state index in [1.807, 2.05) is 31.2 Å². The normalized spacial score (nSPS) is 23.1. The molecule has 3 aromatic rings. The number of Topliss-reactive ketones (excluding diaryl/α,β-unsaturated/α-hetero) is 1. The molecule has 10 heteroatoms. The number of aromatic nitrogens is 4. The van der Waals surface area contributed by atoms with Crippen LogP contribution in [0.25, 0.3) is 28.1 Å². The molecule has 10 nitrogen and oxygen atoms in total. The van der Waals surface area contributed by atoms with Crippen LogP contribution < -0.4 is 0 Å². The number of ketones is 1. The molecule has 3 aromatic heterocycles. The Morgan fingerprint density at radius 1 is 0.908 bits per heavy atom. The van der Waals surface area contributed by atoms with Crippen LogP contribution in [0.3, 0.4) is 0 Å². The summed E-state index contributed by atoms with van der Waals surface area (Å²) in [6, 6.07) is 6.09. The largest absolute Gasteiger partial charge is 0.468 e. The molecule has 0 spiro atoms. The Morgan fingerprint density at radius 2 is 1.57 bits per heavy atom. The Morgan fingerprint density at radius 3 is 2.23 bits per heavy atom. The molecule has 0 aromatic carbocycles. The summed E-state index contributed by atoms with van der Waals surface area (Å²) in [4.78, 5) is 59.2. The highest BCUT2D eigenvalue weighted by Crippen LogP contribution is 2.66. The van der Waals surface area contributed by atoms with Crippen molar-refractivity contribution < 1.29 is 28.6 Å². The van der Waals surface area contributed by atoms with Crippen LogP contribution >= 0.6 is 0 Å². The first-order chi connectivity index (χ1) is 31.0. The zero-order valence-electron chi connectivity index (χ0n) is 41.1. The summed E-state index contributed by atoms with van der Waals surface area (Å²) in [5.74, 6) is -0.593. The summed E-state index contributed by atoms with van der Waals surface area (Å²) in [6.45, 7) is 26.1. The smallest absolute Gasteiger partial charge is 0.321 e. The van der Waals surface area contributed by atoms with Gasteiger partial charge in [0, 0.05) is 57.2 Å². The Hall–Kier alpha value is -4.83. The van der Waals surface area contributed by atoms with Gasteiger partial charge in [0.05, 0.1) is 29.7 Å². The number of ether oxygens (including phenoxy) is 3. The zero-order chi connectivity index (χ0) is 47.0. The van der Waals surface area contributed by atoms with Crippen molar-refractivity contribution in [3.63, 3.8) is 0 Å². The van der Waals surface area contributed by atoms with Crippen LogP contribution in [0, 0.1) is 31.6 Å². The number of methoxy groups -OCH3 is 1. The molecule has 2 N–H and O–H groups in total. The fourth-order valence-electron chi connectivity index (χ4n) is 11.0. The Balaban J connectivity index is 1.12. The fourth-order valence-corrected chi connectivity index (χ4v) is 11.0. The molecular formula is C55H74N4O6. The minimum absolute atomic E-state index is 0.152. The quantitative estimate of drug-likeness (QED) is 0.0495. The lowest BCUT2D eigenvalue weighted by Gasteiger charge is -2.18. The number of hydrogen-bond donors (Lipinski definition) is 2. The maximum Gasteiger partial charge on any atom is 0.321 e. The average Bonchev–Trinajstić information content (AvgIpc) is 3.60. The number of nitrogens with zero attached hydrogens (tertiary/aromatic N) is 2. The van der Waals surface area contributed by atoms with Crippen molar-refractivity contribution >= 4 is 45.9 Å². The van der Waals surface area contributed by atoms with Crippen LogP contribution in [0.2, 0.25) is 0 Å². The van der Waals surface area contributed by atoms with Crippen molar-refractivity contribution in [2.45, 2.75) is 175 Å². The molecule has 7 atom stereocenters. The van der Waals surface area contributed by atoms with E-state index < -0.39 is 23.1 Å². The number of hydrogen-bond acceptors (Lipinski definition) is 8. The Kier molecular flexibility index (Phi) is 14.5. The molecule has 0 radical (unpaired) electrons. The number of H-pyrrole nitrogens is 2. The van der Waals surface area contributed by atoms with Crippen molar-refractivity contribution in [1.29, 1.82) is 0 Å². The van der Waals surface area contributed by atoms with Gasteiger partial charge in [0.2, 0.25) is 0 Å². The number of rotatable bonds is 20. The SMILES string of the molecule is C=Cc1c(C)c2cc3nc(c4c5[nH]c(cc6nc(cc1[nH]2)C1(C)OC61CC)c(C)c5C(=O)[C@@H]4C(=O)OC)[C@@H](CCC(=O)OC/C=C(\C)CCC[C@H](C)CCC[C@H](C)CCCC(C)C)[C@@H]3C. The van der Waals surface area contributed by atoms with Gasteiger partial charge in [-0.05, 0) is 107 Å². The van der Waals surface area contributed by atoms with Crippen LogP contribution in [-0.4, -0.2) is 51.4 Å². The van der Waals surface area contributed by atoms with Crippen molar-refractivity contribution in [3.05, 3.63) is 87.0 Å². The number of aromatic amines is 2. The van der Waals surface area contributed by atoms with Crippen molar-refractivity contribution in [1.82, 2.24) is 19.9 Å². The average molecular weight is 887 g/mol. The second kappa shape index (κ2) is 19.6. The van der Waals surface area contributed by atoms with E-state index in [4.69, 9.17) is 24.2 Å². The highest BCUT2D eigenvalue weighted by atomic mass is 16.6. The van der Waals surface area contributed by atoms with E-state index in [1.54, 1.807) is 0 Å². The first-order valence-corrected chi connectivity index (χ1v) is 24.5. The molecule has 6 heterocycles. The number of epoxide rings is 1. The Labute approximate surface area is 386 Å². The standard InChI is InChI=1S/C55H74N4O6/c1-13-38-35(8)40-28-41-36(9)39(24-25-46(60)64-27-26-34(7)23-17-22-33(6)21-16-20-32(5)19-15-18-31(3)4)50(57-41)48-49(53(62)63-12)52(61)47-37(10)42(58-51(47)48)29-45-55(14-2)54(11,65-55)44(59-45)30-43(38)56-40/h13,26,28-33,36,39,49,56,58H,1,14-25,27H2,2-12H3/b34-26+,40-28?,41-28?,42-29?,43-30?,44-30?,45-29?,50-48?/t32-,33-,36+,39+,49-,54?,55?/m1/s1. The van der Waals surface area contributed by atoms with E-state index in [2.05, 4.69) is 84.9 Å². The topological polar surface area (TPSA) is 140 Å². The molecule has 3 aliphatic heterocycles. The molecule has 1 aliphatic carbocycles. The summed E-state index contributed by atoms with van der Waals surface area (Å²) >= 11 is 0. The van der Waals surface area contributed by atoms with Crippen LogP contribution in [0.5, 0.6) is 0 Å². The summed E-state index contributed by atoms with van der Waals surface area (Å²) in [5.41, 5.74) is 9.63. The second-order valence-corrected chi connectivity index (χ2v) is 20.4. The van der Waals surface area contributed by atoms with E-state index in [9.17, 15) is 14.4 Å². The number of nitrogens with one attached hydrogen (secondary N) is 2. The van der Waals surface area contributed by atoms with Crippen LogP contribution in [-0.2, 0) is 35.0 Å². The van der Waals surface area contributed by atoms with Gasteiger partial charge in [0.1, 0.15) is 23.7 Å². The predicted octanol–water partition coefficient (Wildman–Crippen LogP) is 13.2. The van der Waals surface area contributed by atoms with Gasteiger partial charge < -0.3 is 24.2 Å². The minimum atomic E-state index is -1.20. The highest BCUT2D eigenvalue weighted by molar-refractivity contribution is 6.23. The first-order valence-electron chi connectivity index (χ1n) is 24.5. The fraction of sp³-hybridized carbons (Fsp3) is 0.582. The molecular weight excluding hydrogens is 813 g/mol. The van der Waals surface area contributed by atoms with Crippen LogP contribution in [0.15, 0.2) is 36.4 Å². The molecule has 4 aliphatic rings. The van der Waals surface area contributed by atoms with Gasteiger partial charge in [-0.2, -0.15) is 0 Å². The maximum absolute atomic E-state index is 14.4. The number of carbonyl (C=O) groups is 3. The van der Waals surface area contributed by atoms with E-state index in [-0.39, 0.29) is 36.6 Å². The summed E-state index contributed by atoms with van der Waals surface area (Å²) in [7, 11) is 1.31. The molecule has 0 amide bonds. The first kappa shape index (κ1) is 48.1. The molecule has 7 rings (SSSR count). The number of aryl methyl sites for hydroxylation is 2. The summed E-state index contributed by atoms with van der Waals surface area (Å²) < 4.78 is 17.6. The van der Waals surface area contributed by atoms with Gasteiger partial charge in [0.25, 0.3) is 0 Å². The molecule has 0 saturated carbocycles. The number of allylic oxidation sites excluding steroid dienone is 1. The summed E-state index contributed by atoms with van der Waals surface area (Å²) in [5, 5.41) is 0. The van der Waals surface area contributed by atoms with E-state index in [0.29, 0.717) is 41.1 Å². The van der Waals surface area contributed by atoms with E-state index in [0.717, 1.165) is 75.0 Å². The third-order valence-corrected chi connectivity index (χ3v) is 15.4. The summed E-state index contributed by atoms with van der Waals surface area (Å²) in [6.07, 6.45) is 16.4. The lowest BCUT2D eigenvalue weighted by molar-refractivity contribution is -0.143. The molecule has 1 saturated heterocycles. The van der Waals surface area contributed by atoms with E-state index >= 15 is 0 Å². The molecule has 8 bridgehead atoms. The van der Waals surface area contributed by atoms with Crippen molar-refractivity contribution in [3.8, 4) is 0 Å². The second-order valence-electron chi connectivity index (χ2n) is 20.4. The minimum Gasteiger partial charge on any atom is -0.468 e. The van der Waals surface area contributed by atoms with E-state index in [1.165, 1.54) is 57.6 Å². The van der Waals surface area contributed by atoms with Gasteiger partial charge in [-0.3, -0.25) is 24.4 Å². The zero-order valence-corrected chi connectivity index (χ0v) is 41.1. The van der Waals surface area contributed by atoms with Crippen molar-refractivity contribution in [2.24, 2.45) is 17.8 Å².